The number of carbonyl (C=O) groups is 3. The van der Waals surface area contributed by atoms with Gasteiger partial charge in [0.1, 0.15) is 75.7 Å². The number of hydrogen-bond donors (Lipinski definition) is 11. The molecule has 11 N–H and O–H groups in total. The van der Waals surface area contributed by atoms with Gasteiger partial charge in [0.25, 0.3) is 17.3 Å². The maximum absolute atomic E-state index is 14.6. The topological polar surface area (TPSA) is 478 Å². The van der Waals surface area contributed by atoms with Crippen molar-refractivity contribution in [1.82, 2.24) is 98.1 Å². The fourth-order valence-electron chi connectivity index (χ4n) is 12.5. The van der Waals surface area contributed by atoms with E-state index >= 15 is 0 Å². The third kappa shape index (κ3) is 40.8. The number of Topliss-reactive ketones (excluding diaryl/α,β-unsaturated/α-hetero) is 1. The average molecular weight is 2330 g/mol. The number of H-pyrrole nitrogens is 4. The van der Waals surface area contributed by atoms with Crippen LogP contribution in [0.1, 0.15) is 99.6 Å². The number of nitrogens with two attached hydrogens (primary N) is 1. The minimum absolute atomic E-state index is 0. The third-order valence-electron chi connectivity index (χ3n) is 18.7. The number of carbonyl (C=O) groups excluding carboxylic acids is 2. The number of carboxylic acid groups (broad SMARTS) is 1. The molecule has 35 nitrogen and oxygen atoms in total. The Morgan fingerprint density at radius 2 is 1.08 bits per heavy atom. The number of aliphatic hydroxyl groups excluding tert-OH is 1. The predicted molar refractivity (Wildman–Crippen MR) is 573 cm³/mol. The van der Waals surface area contributed by atoms with Gasteiger partial charge in [-0.15, -0.1) is 19.7 Å². The van der Waals surface area contributed by atoms with E-state index in [1.807, 2.05) is 39.7 Å². The number of carboxylic acids is 1. The number of halogens is 17. The molecule has 19 rings (SSSR count). The number of esters is 1. The van der Waals surface area contributed by atoms with Crippen LogP contribution >= 0.6 is 126 Å². The first-order chi connectivity index (χ1) is 70.5. The van der Waals surface area contributed by atoms with Crippen molar-refractivity contribution in [2.75, 3.05) is 44.5 Å². The van der Waals surface area contributed by atoms with Gasteiger partial charge >= 0.3 is 67.1 Å². The maximum Gasteiger partial charge on any atom is 1.00 e. The number of anilines is 1. The van der Waals surface area contributed by atoms with Crippen molar-refractivity contribution < 1.29 is 104 Å². The standard InChI is InChI=1S/C24H16ClF4N5O.C15H8F4N2O.C9H7BrClN3.C9H8ClN3.C7H9ClN2O2.C6H4ClN3.C6H5N3O.2C4H8O.C4H9.C2H4O2.C2H6O.CH4N2.BHNS.Cl3OP.Li.H2/c1-2-9-33-12-18(20-21(33)22(25)31-13-30-20)23(35,24(27,28)29)15-3-8-19-14(10-15)11-32-34(19)17-6-4-16(26)5-7-17;16-11-2-4-12(5-3-11)21-13-6-1-9(7-10(13)8-20-21)14(22)15(17,18)19;1-2-3-14-4-6(10)7-8(14)9(11)13-5-12-7;1-2-4-13-5-3-7-8(13)9(10)12-6-11-7;1-2-12-7(11)6-5(10-8)3-4-9-6;7-6-5-4(1-2-8-5)9-3-10-6;10-6-5-4(1-2-7-5)8-3-9-6;2*1-2-4-5-3-1;1-3-4-2;1-2(3)4;1-2-3;2-1-3;1-2-3;1-5(2,3)4;;/h2-8,10-13,35H,1,9H2;1-8H;2,4-5H,1,3H2;2-3,5-6H,1,4H2;3-4,9-10H,2H2,1H3;1-3,8H;1-3,7H,(H,8,9,10);2*1-4H2;1,3-4H2,2H3;1H3,(H,3,4);3H,2H2,1H3;1H,(H3,2,3);3H;;;1H/q;;;;;;;;;-1;;;;;;+1;/i;;;;;;;;;;;;;;;;1+1. The molecule has 0 spiro atoms. The van der Waals surface area contributed by atoms with Crippen LogP contribution in [0.4, 0.5) is 40.8 Å². The van der Waals surface area contributed by atoms with Crippen molar-refractivity contribution in [3.05, 3.63) is 305 Å². The number of nitrogens with zero attached hydrogens (tertiary/aromatic N) is 17. The molecule has 791 valence electrons. The van der Waals surface area contributed by atoms with Crippen molar-refractivity contribution in [2.45, 2.75) is 104 Å². The summed E-state index contributed by atoms with van der Waals surface area (Å²) in [6, 6.07) is 25.6. The number of aromatic nitrogens is 20. The van der Waals surface area contributed by atoms with Crippen LogP contribution < -0.4 is 35.0 Å². The normalized spacial score (nSPS) is 11.8. The summed E-state index contributed by atoms with van der Waals surface area (Å²) in [5.41, 5.74) is 8.71. The Morgan fingerprint density at radius 1 is 0.658 bits per heavy atom. The number of aromatic amines is 4. The number of nitrogens with one attached hydrogen (secondary N) is 6. The first-order valence-corrected chi connectivity index (χ1v) is 50.7. The quantitative estimate of drug-likeness (QED) is 0.00369. The second-order valence-corrected chi connectivity index (χ2v) is 38.2. The molecule has 2 saturated heterocycles. The minimum Gasteiger partial charge on any atom is -0.343 e. The number of allylic oxidation sites excluding steroid dienone is 3. The second-order valence-electron chi connectivity index (χ2n) is 28.9. The number of thiol groups is 1. The Morgan fingerprint density at radius 3 is 1.52 bits per heavy atom. The number of unbranched alkanes of at least 4 members (excludes halogenated alkanes) is 1. The summed E-state index contributed by atoms with van der Waals surface area (Å²) in [4.78, 5) is 91.2. The van der Waals surface area contributed by atoms with Crippen LogP contribution in [0.5, 0.6) is 0 Å². The average Bonchev–Trinajstić information content (AvgIpc) is 1.55. The zero-order valence-corrected chi connectivity index (χ0v) is 89.2. The van der Waals surface area contributed by atoms with Gasteiger partial charge in [0, 0.05) is 132 Å². The molecule has 1 unspecified atom stereocenters. The maximum atomic E-state index is 14.6. The molecule has 17 aromatic rings. The summed E-state index contributed by atoms with van der Waals surface area (Å²) in [5, 5.41) is 39.3. The molecule has 149 heavy (non-hydrogen) atoms. The second kappa shape index (κ2) is 66.7. The Labute approximate surface area is 915 Å². The van der Waals surface area contributed by atoms with E-state index in [4.69, 9.17) is 92.8 Å². The van der Waals surface area contributed by atoms with E-state index in [1.165, 1.54) is 163 Å². The number of alkyl halides is 6. The number of benzene rings is 4. The minimum atomic E-state index is -5.11. The molecule has 2 aliphatic heterocycles. The van der Waals surface area contributed by atoms with Crippen molar-refractivity contribution in [3.63, 3.8) is 0 Å². The first kappa shape index (κ1) is 130. The number of aliphatic hydroxyl groups is 2. The molecular weight excluding hydrogens is 2230 g/mol. The molecular formula is C93H99BBrCl8F8LiN24O11PS. The number of rotatable bonds is 15. The number of fused-ring (bicyclic) bond motifs is 7. The van der Waals surface area contributed by atoms with E-state index in [9.17, 15) is 59.2 Å². The summed E-state index contributed by atoms with van der Waals surface area (Å²) in [6.07, 6.45) is 22.8. The van der Waals surface area contributed by atoms with Crippen molar-refractivity contribution >= 4 is 240 Å². The zero-order chi connectivity index (χ0) is 110. The Balaban J connectivity index is 0.000000441. The fraction of sp³-hybridized carbons (Fsp3) is 0.237. The monoisotopic (exact) mass is 2320 g/mol. The number of ketones is 1. The zero-order valence-electron chi connectivity index (χ0n) is 79.8. The summed E-state index contributed by atoms with van der Waals surface area (Å²) in [6.45, 7) is 27.3. The Bertz CT molecular complexity index is 7170. The van der Waals surface area contributed by atoms with Crippen LogP contribution in [0.2, 0.25) is 20.6 Å². The molecule has 2 aliphatic rings. The van der Waals surface area contributed by atoms with Gasteiger partial charge < -0.3 is 75.8 Å². The fourth-order valence-corrected chi connectivity index (χ4v) is 14.1. The number of ether oxygens (including phenoxy) is 3. The van der Waals surface area contributed by atoms with Gasteiger partial charge in [-0.2, -0.15) is 43.0 Å². The van der Waals surface area contributed by atoms with Crippen molar-refractivity contribution in [1.29, 1.82) is 5.41 Å². The van der Waals surface area contributed by atoms with Crippen molar-refractivity contribution in [3.8, 4) is 11.4 Å². The van der Waals surface area contributed by atoms with Gasteiger partial charge in [-0.1, -0.05) is 84.0 Å². The Kier molecular flexibility index (Phi) is 58.0. The van der Waals surface area contributed by atoms with Crippen LogP contribution in [0.25, 0.3) is 88.3 Å². The molecule has 0 amide bonds. The predicted octanol–water partition coefficient (Wildman–Crippen LogP) is 21.5. The molecule has 2 fully saturated rings. The van der Waals surface area contributed by atoms with E-state index in [-0.39, 0.29) is 55.2 Å². The molecule has 0 bridgehead atoms. The van der Waals surface area contributed by atoms with E-state index < -0.39 is 69.2 Å². The van der Waals surface area contributed by atoms with Gasteiger partial charge in [0.15, 0.2) is 20.6 Å². The summed E-state index contributed by atoms with van der Waals surface area (Å²) in [5.74, 6) is -3.98. The summed E-state index contributed by atoms with van der Waals surface area (Å²) in [7, 11) is 4.34. The molecule has 4 aromatic carbocycles. The molecule has 0 saturated carbocycles. The number of hydrogen-bond acceptors (Lipinski definition) is 25. The summed E-state index contributed by atoms with van der Waals surface area (Å²) < 4.78 is 143. The van der Waals surface area contributed by atoms with Crippen LogP contribution in [0.3, 0.4) is 0 Å². The summed E-state index contributed by atoms with van der Waals surface area (Å²) >= 11 is 49.6. The largest absolute Gasteiger partial charge is 1.00 e. The molecule has 13 aromatic heterocycles. The molecule has 1 radical (unpaired) electrons. The van der Waals surface area contributed by atoms with Gasteiger partial charge in [0.05, 0.1) is 86.3 Å². The van der Waals surface area contributed by atoms with E-state index in [2.05, 4.69) is 194 Å². The van der Waals surface area contributed by atoms with Crippen LogP contribution in [-0.4, -0.2) is 197 Å². The van der Waals surface area contributed by atoms with Gasteiger partial charge in [-0.25, -0.2) is 67.8 Å². The van der Waals surface area contributed by atoms with E-state index in [0.29, 0.717) is 84.2 Å². The molecule has 0 aliphatic carbocycles. The SMILES string of the molecule is C1CCOC1.C1CCOC1.C=CCn1cc(Br)c2ncnc(Cl)c21.C=CCn1cc(C(O)(c2ccc3c(cnn3-c3ccc(F)cc3)c2)C(F)(F)F)c2ncnc(Cl)c21.C=CCn1ccc2ncnc(Cl)c21.CC(=O)O.CCO.CCOC(=O)c1[nH]ccc1NCl.Clc1ncnc2cc[nH]c12.N=CN.O=C(c1ccc2c(cnn2-c2ccc(F)cc2)c1)C(F)(F)F.O=P(Cl)(Cl)Cl.O=c1[nH]cnc2cc[nH]c12.[2HH].[B]=NS.[CH2-]CCC.[Li+]. The van der Waals surface area contributed by atoms with Crippen LogP contribution in [-0.2, 0) is 48.8 Å². The van der Waals surface area contributed by atoms with Crippen LogP contribution in [0.15, 0.2) is 242 Å². The van der Waals surface area contributed by atoms with Gasteiger partial charge in [-0.3, -0.25) is 29.2 Å². The van der Waals surface area contributed by atoms with Crippen LogP contribution in [0, 0.1) is 24.0 Å². The van der Waals surface area contributed by atoms with Crippen molar-refractivity contribution in [2.24, 2.45) is 10.0 Å². The van der Waals surface area contributed by atoms with Gasteiger partial charge in [-0.05, 0) is 198 Å². The molecule has 15 heterocycles. The van der Waals surface area contributed by atoms with Gasteiger partial charge in [0.2, 0.25) is 5.60 Å². The smallest absolute Gasteiger partial charge is 0.343 e. The molecule has 1 atom stereocenters. The molecule has 56 heteroatoms. The third-order valence-corrected chi connectivity index (χ3v) is 20.6. The van der Waals surface area contributed by atoms with E-state index in [0.717, 1.165) is 115 Å². The Hall–Kier alpha value is -11.8. The first-order valence-electron chi connectivity index (χ1n) is 43.2. The van der Waals surface area contributed by atoms with E-state index in [1.54, 1.807) is 50.6 Å². The number of aliphatic carboxylic acids is 1.